The van der Waals surface area contributed by atoms with Gasteiger partial charge in [-0.15, -0.1) is 0 Å². The predicted molar refractivity (Wildman–Crippen MR) is 64.9 cm³/mol. The molecule has 0 spiro atoms. The Morgan fingerprint density at radius 1 is 1.20 bits per heavy atom. The fraction of sp³-hybridized carbons (Fsp3) is 1.00. The summed E-state index contributed by atoms with van der Waals surface area (Å²) >= 11 is 0. The lowest BCUT2D eigenvalue weighted by molar-refractivity contribution is 0.135. The van der Waals surface area contributed by atoms with Gasteiger partial charge < -0.3 is 10.0 Å². The van der Waals surface area contributed by atoms with Crippen LogP contribution in [0.2, 0.25) is 0 Å². The van der Waals surface area contributed by atoms with Crippen molar-refractivity contribution in [1.82, 2.24) is 4.90 Å². The maximum atomic E-state index is 9.02. The average Bonchev–Trinajstić information content (AvgIpc) is 2.22. The van der Waals surface area contributed by atoms with Gasteiger partial charge in [0.1, 0.15) is 0 Å². The molecule has 1 rings (SSSR count). The number of rotatable bonds is 6. The van der Waals surface area contributed by atoms with Crippen LogP contribution in [0.4, 0.5) is 0 Å². The van der Waals surface area contributed by atoms with Crippen LogP contribution in [0, 0.1) is 11.8 Å². The Morgan fingerprint density at radius 2 is 1.93 bits per heavy atom. The summed E-state index contributed by atoms with van der Waals surface area (Å²) in [5.74, 6) is 1.76. The monoisotopic (exact) mass is 213 g/mol. The Hall–Kier alpha value is -0.0800. The van der Waals surface area contributed by atoms with Crippen LogP contribution < -0.4 is 0 Å². The summed E-state index contributed by atoms with van der Waals surface area (Å²) in [5.41, 5.74) is 0. The first-order chi connectivity index (χ1) is 7.27. The van der Waals surface area contributed by atoms with Crippen LogP contribution in [-0.4, -0.2) is 36.2 Å². The summed E-state index contributed by atoms with van der Waals surface area (Å²) in [6.45, 7) is 8.12. The second-order valence-electron chi connectivity index (χ2n) is 5.05. The van der Waals surface area contributed by atoms with E-state index in [9.17, 15) is 0 Å². The Labute approximate surface area is 94.7 Å². The van der Waals surface area contributed by atoms with E-state index in [-0.39, 0.29) is 0 Å². The molecule has 0 aliphatic heterocycles. The van der Waals surface area contributed by atoms with Crippen molar-refractivity contribution < 1.29 is 5.11 Å². The van der Waals surface area contributed by atoms with Crippen molar-refractivity contribution in [2.24, 2.45) is 11.8 Å². The van der Waals surface area contributed by atoms with Crippen molar-refractivity contribution in [3.05, 3.63) is 0 Å². The zero-order valence-electron chi connectivity index (χ0n) is 10.4. The molecule has 15 heavy (non-hydrogen) atoms. The molecule has 2 heteroatoms. The average molecular weight is 213 g/mol. The van der Waals surface area contributed by atoms with Crippen LogP contribution in [0.3, 0.4) is 0 Å². The first kappa shape index (κ1) is 13.0. The fourth-order valence-corrected chi connectivity index (χ4v) is 2.75. The lowest BCUT2D eigenvalue weighted by Gasteiger charge is -2.33. The van der Waals surface area contributed by atoms with Gasteiger partial charge >= 0.3 is 0 Å². The molecule has 0 amide bonds. The number of aliphatic hydroxyl groups is 1. The van der Waals surface area contributed by atoms with Gasteiger partial charge in [0.2, 0.25) is 0 Å². The summed E-state index contributed by atoms with van der Waals surface area (Å²) in [7, 11) is 0. The molecule has 2 unspecified atom stereocenters. The summed E-state index contributed by atoms with van der Waals surface area (Å²) < 4.78 is 0. The van der Waals surface area contributed by atoms with E-state index in [1.165, 1.54) is 38.6 Å². The molecular weight excluding hydrogens is 186 g/mol. The second kappa shape index (κ2) is 7.24. The Morgan fingerprint density at radius 3 is 2.53 bits per heavy atom. The van der Waals surface area contributed by atoms with Gasteiger partial charge in [-0.3, -0.25) is 0 Å². The Bertz CT molecular complexity index is 155. The SMILES string of the molecule is CCCN(CCO)CC1CCCCC1C. The molecule has 0 aromatic rings. The third-order valence-corrected chi connectivity index (χ3v) is 3.74. The van der Waals surface area contributed by atoms with Crippen LogP contribution in [0.1, 0.15) is 46.0 Å². The Kier molecular flexibility index (Phi) is 6.26. The van der Waals surface area contributed by atoms with Crippen LogP contribution in [0.25, 0.3) is 0 Å². The standard InChI is InChI=1S/C13H27NO/c1-3-8-14(9-10-15)11-13-7-5-4-6-12(13)2/h12-13,15H,3-11H2,1-2H3. The number of aliphatic hydroxyl groups excluding tert-OH is 1. The van der Waals surface area contributed by atoms with Crippen molar-refractivity contribution in [2.45, 2.75) is 46.0 Å². The normalized spacial score (nSPS) is 27.2. The molecule has 0 aromatic carbocycles. The summed E-state index contributed by atoms with van der Waals surface area (Å²) in [6, 6.07) is 0. The first-order valence-corrected chi connectivity index (χ1v) is 6.61. The second-order valence-corrected chi connectivity index (χ2v) is 5.05. The third-order valence-electron chi connectivity index (χ3n) is 3.74. The van der Waals surface area contributed by atoms with E-state index in [0.29, 0.717) is 6.61 Å². The highest BCUT2D eigenvalue weighted by atomic mass is 16.3. The van der Waals surface area contributed by atoms with Crippen LogP contribution >= 0.6 is 0 Å². The van der Waals surface area contributed by atoms with E-state index in [1.54, 1.807) is 0 Å². The Balaban J connectivity index is 2.33. The van der Waals surface area contributed by atoms with E-state index in [2.05, 4.69) is 18.7 Å². The number of hydrogen-bond acceptors (Lipinski definition) is 2. The molecule has 90 valence electrons. The molecule has 1 N–H and O–H groups in total. The van der Waals surface area contributed by atoms with Gasteiger partial charge in [0, 0.05) is 13.1 Å². The highest BCUT2D eigenvalue weighted by molar-refractivity contribution is 4.75. The van der Waals surface area contributed by atoms with Gasteiger partial charge in [-0.05, 0) is 31.2 Å². The van der Waals surface area contributed by atoms with Gasteiger partial charge in [-0.1, -0.05) is 33.1 Å². The van der Waals surface area contributed by atoms with Crippen LogP contribution in [-0.2, 0) is 0 Å². The van der Waals surface area contributed by atoms with E-state index < -0.39 is 0 Å². The van der Waals surface area contributed by atoms with Gasteiger partial charge in [-0.2, -0.15) is 0 Å². The minimum Gasteiger partial charge on any atom is -0.395 e. The molecule has 1 saturated carbocycles. The topological polar surface area (TPSA) is 23.5 Å². The van der Waals surface area contributed by atoms with Crippen molar-refractivity contribution in [3.8, 4) is 0 Å². The third kappa shape index (κ3) is 4.52. The van der Waals surface area contributed by atoms with E-state index in [1.807, 2.05) is 0 Å². The maximum absolute atomic E-state index is 9.02. The fourth-order valence-electron chi connectivity index (χ4n) is 2.75. The smallest absolute Gasteiger partial charge is 0.0558 e. The van der Waals surface area contributed by atoms with Crippen molar-refractivity contribution in [1.29, 1.82) is 0 Å². The summed E-state index contributed by atoms with van der Waals surface area (Å²) in [6.07, 6.45) is 6.83. The van der Waals surface area contributed by atoms with Gasteiger partial charge in [0.25, 0.3) is 0 Å². The minimum atomic E-state index is 0.307. The van der Waals surface area contributed by atoms with E-state index in [4.69, 9.17) is 5.11 Å². The minimum absolute atomic E-state index is 0.307. The van der Waals surface area contributed by atoms with Crippen molar-refractivity contribution >= 4 is 0 Å². The molecule has 2 nitrogen and oxygen atoms in total. The number of hydrogen-bond donors (Lipinski definition) is 1. The lowest BCUT2D eigenvalue weighted by atomic mass is 9.80. The molecule has 0 bridgehead atoms. The highest BCUT2D eigenvalue weighted by Gasteiger charge is 2.22. The summed E-state index contributed by atoms with van der Waals surface area (Å²) in [5, 5.41) is 9.02. The van der Waals surface area contributed by atoms with Gasteiger partial charge in [-0.25, -0.2) is 0 Å². The van der Waals surface area contributed by atoms with Crippen LogP contribution in [0.5, 0.6) is 0 Å². The van der Waals surface area contributed by atoms with E-state index in [0.717, 1.165) is 24.9 Å². The zero-order chi connectivity index (χ0) is 11.1. The molecule has 0 heterocycles. The van der Waals surface area contributed by atoms with Crippen molar-refractivity contribution in [3.63, 3.8) is 0 Å². The predicted octanol–water partition coefficient (Wildman–Crippen LogP) is 2.52. The quantitative estimate of drug-likeness (QED) is 0.733. The molecule has 1 fully saturated rings. The number of nitrogens with zero attached hydrogens (tertiary/aromatic N) is 1. The largest absolute Gasteiger partial charge is 0.395 e. The van der Waals surface area contributed by atoms with Crippen LogP contribution in [0.15, 0.2) is 0 Å². The molecule has 1 aliphatic carbocycles. The maximum Gasteiger partial charge on any atom is 0.0558 e. The molecule has 0 aromatic heterocycles. The molecule has 0 saturated heterocycles. The van der Waals surface area contributed by atoms with Gasteiger partial charge in [0.15, 0.2) is 0 Å². The molecule has 2 atom stereocenters. The molecule has 1 aliphatic rings. The lowest BCUT2D eigenvalue weighted by Crippen LogP contribution is -2.36. The van der Waals surface area contributed by atoms with Gasteiger partial charge in [0.05, 0.1) is 6.61 Å². The summed E-state index contributed by atoms with van der Waals surface area (Å²) in [4.78, 5) is 2.44. The zero-order valence-corrected chi connectivity index (χ0v) is 10.4. The van der Waals surface area contributed by atoms with Crippen molar-refractivity contribution in [2.75, 3.05) is 26.2 Å². The molecule has 0 radical (unpaired) electrons. The van der Waals surface area contributed by atoms with E-state index >= 15 is 0 Å². The highest BCUT2D eigenvalue weighted by Crippen LogP contribution is 2.30. The molecular formula is C13H27NO. The first-order valence-electron chi connectivity index (χ1n) is 6.61.